The molecular weight excluding hydrogens is 705 g/mol. The number of hydrogen-bond acceptors (Lipinski definition) is 3. The Kier molecular flexibility index (Phi) is 7.14. The van der Waals surface area contributed by atoms with E-state index in [0.29, 0.717) is 0 Å². The molecule has 0 aliphatic heterocycles. The normalized spacial score (nSPS) is 14.6. The number of rotatable bonds is 6. The Morgan fingerprint density at radius 2 is 0.759 bits per heavy atom. The van der Waals surface area contributed by atoms with Crippen LogP contribution in [0.1, 0.15) is 22.3 Å². The maximum atomic E-state index is 6.65. The molecule has 1 atom stereocenters. The van der Waals surface area contributed by atoms with Crippen LogP contribution in [0, 0.1) is 0 Å². The predicted molar refractivity (Wildman–Crippen MR) is 239 cm³/mol. The summed E-state index contributed by atoms with van der Waals surface area (Å²) < 4.78 is 6.65. The lowest BCUT2D eigenvalue weighted by molar-refractivity contribution is 0.669. The third kappa shape index (κ3) is 4.62. The zero-order valence-electron chi connectivity index (χ0n) is 31.6. The van der Waals surface area contributed by atoms with Crippen molar-refractivity contribution in [2.75, 3.05) is 9.80 Å². The number of benzene rings is 9. The highest BCUT2D eigenvalue weighted by molar-refractivity contribution is 6.10. The van der Waals surface area contributed by atoms with E-state index in [1.807, 2.05) is 6.07 Å². The summed E-state index contributed by atoms with van der Waals surface area (Å²) in [5.74, 6) is 0. The molecular formula is C55H36N2O. The molecule has 0 bridgehead atoms. The van der Waals surface area contributed by atoms with Crippen LogP contribution in [0.3, 0.4) is 0 Å². The molecule has 1 spiro atoms. The number of hydrogen-bond donors (Lipinski definition) is 0. The molecule has 1 aromatic heterocycles. The van der Waals surface area contributed by atoms with Gasteiger partial charge in [-0.25, -0.2) is 0 Å². The van der Waals surface area contributed by atoms with E-state index in [0.717, 1.165) is 56.1 Å². The monoisotopic (exact) mass is 740 g/mol. The summed E-state index contributed by atoms with van der Waals surface area (Å²) in [5.41, 5.74) is 18.1. The van der Waals surface area contributed by atoms with Crippen LogP contribution in [0.4, 0.5) is 34.1 Å². The van der Waals surface area contributed by atoms with Gasteiger partial charge >= 0.3 is 0 Å². The van der Waals surface area contributed by atoms with Gasteiger partial charge in [0.1, 0.15) is 5.58 Å². The second-order valence-electron chi connectivity index (χ2n) is 15.2. The summed E-state index contributed by atoms with van der Waals surface area (Å²) in [6.45, 7) is 0. The molecule has 1 heterocycles. The number of nitrogens with zero attached hydrogens (tertiary/aromatic N) is 2. The van der Waals surface area contributed by atoms with Crippen molar-refractivity contribution in [3.8, 4) is 22.3 Å². The summed E-state index contributed by atoms with van der Waals surface area (Å²) in [7, 11) is 0. The van der Waals surface area contributed by atoms with Crippen molar-refractivity contribution in [1.82, 2.24) is 0 Å². The van der Waals surface area contributed by atoms with Gasteiger partial charge in [0.2, 0.25) is 0 Å². The van der Waals surface area contributed by atoms with Gasteiger partial charge in [0, 0.05) is 39.2 Å². The summed E-state index contributed by atoms with van der Waals surface area (Å²) in [6, 6.07) is 79.1. The van der Waals surface area contributed by atoms with Crippen LogP contribution in [-0.2, 0) is 5.41 Å². The highest BCUT2D eigenvalue weighted by Crippen LogP contribution is 2.64. The van der Waals surface area contributed by atoms with Gasteiger partial charge in [-0.15, -0.1) is 0 Å². The molecule has 0 amide bonds. The van der Waals surface area contributed by atoms with Crippen LogP contribution < -0.4 is 9.80 Å². The molecule has 0 radical (unpaired) electrons. The van der Waals surface area contributed by atoms with E-state index in [2.05, 4.69) is 222 Å². The van der Waals surface area contributed by atoms with Crippen LogP contribution in [0.15, 0.2) is 223 Å². The molecule has 1 unspecified atom stereocenters. The molecule has 10 aromatic rings. The Labute approximate surface area is 337 Å². The smallest absolute Gasteiger partial charge is 0.159 e. The zero-order chi connectivity index (χ0) is 38.2. The Morgan fingerprint density at radius 1 is 0.310 bits per heavy atom. The van der Waals surface area contributed by atoms with E-state index >= 15 is 0 Å². The Balaban J connectivity index is 1.08. The second kappa shape index (κ2) is 12.7. The van der Waals surface area contributed by atoms with Crippen LogP contribution in [0.5, 0.6) is 0 Å². The summed E-state index contributed by atoms with van der Waals surface area (Å²) in [6.07, 6.45) is 0. The topological polar surface area (TPSA) is 19.6 Å². The quantitative estimate of drug-likeness (QED) is 0.169. The number of furan rings is 1. The van der Waals surface area contributed by atoms with Gasteiger partial charge in [0.15, 0.2) is 5.58 Å². The number of anilines is 6. The lowest BCUT2D eigenvalue weighted by atomic mass is 9.70. The molecule has 2 aliphatic carbocycles. The molecule has 0 saturated carbocycles. The molecule has 0 fully saturated rings. The molecule has 58 heavy (non-hydrogen) atoms. The van der Waals surface area contributed by atoms with Crippen molar-refractivity contribution >= 4 is 56.1 Å². The van der Waals surface area contributed by atoms with Crippen molar-refractivity contribution in [3.63, 3.8) is 0 Å². The van der Waals surface area contributed by atoms with Gasteiger partial charge in [0.05, 0.1) is 11.1 Å². The second-order valence-corrected chi connectivity index (χ2v) is 15.2. The first-order chi connectivity index (χ1) is 28.8. The van der Waals surface area contributed by atoms with Crippen LogP contribution in [0.2, 0.25) is 0 Å². The fraction of sp³-hybridized carbons (Fsp3) is 0.0182. The molecule has 9 aromatic carbocycles. The Hall–Kier alpha value is -7.62. The van der Waals surface area contributed by atoms with E-state index in [4.69, 9.17) is 4.42 Å². The fourth-order valence-corrected chi connectivity index (χ4v) is 9.92. The van der Waals surface area contributed by atoms with Gasteiger partial charge in [-0.2, -0.15) is 0 Å². The van der Waals surface area contributed by atoms with E-state index in [1.165, 1.54) is 44.5 Å². The predicted octanol–water partition coefficient (Wildman–Crippen LogP) is 14.9. The van der Waals surface area contributed by atoms with Gasteiger partial charge in [-0.1, -0.05) is 146 Å². The van der Waals surface area contributed by atoms with Gasteiger partial charge in [-0.05, 0) is 117 Å². The van der Waals surface area contributed by atoms with Gasteiger partial charge in [-0.3, -0.25) is 0 Å². The highest BCUT2D eigenvalue weighted by atomic mass is 16.3. The minimum absolute atomic E-state index is 0.477. The van der Waals surface area contributed by atoms with Crippen LogP contribution in [-0.4, -0.2) is 0 Å². The zero-order valence-corrected chi connectivity index (χ0v) is 31.6. The molecule has 0 saturated heterocycles. The molecule has 272 valence electrons. The van der Waals surface area contributed by atoms with Gasteiger partial charge in [0.25, 0.3) is 0 Å². The lowest BCUT2D eigenvalue weighted by Gasteiger charge is -2.32. The van der Waals surface area contributed by atoms with Crippen molar-refractivity contribution in [2.45, 2.75) is 5.41 Å². The minimum Gasteiger partial charge on any atom is -0.454 e. The number of fused-ring (bicyclic) bond motifs is 13. The summed E-state index contributed by atoms with van der Waals surface area (Å²) in [4.78, 5) is 4.71. The van der Waals surface area contributed by atoms with Crippen molar-refractivity contribution in [3.05, 3.63) is 241 Å². The van der Waals surface area contributed by atoms with E-state index < -0.39 is 5.41 Å². The third-order valence-corrected chi connectivity index (χ3v) is 12.2. The lowest BCUT2D eigenvalue weighted by Crippen LogP contribution is -2.26. The molecule has 2 aliphatic rings. The molecule has 3 nitrogen and oxygen atoms in total. The molecule has 0 N–H and O–H groups in total. The summed E-state index contributed by atoms with van der Waals surface area (Å²) in [5, 5.41) is 2.23. The van der Waals surface area contributed by atoms with E-state index in [1.54, 1.807) is 0 Å². The Bertz CT molecular complexity index is 3150. The van der Waals surface area contributed by atoms with Crippen molar-refractivity contribution in [2.24, 2.45) is 0 Å². The van der Waals surface area contributed by atoms with Crippen molar-refractivity contribution < 1.29 is 4.42 Å². The number of para-hydroxylation sites is 5. The maximum Gasteiger partial charge on any atom is 0.159 e. The van der Waals surface area contributed by atoms with Crippen LogP contribution in [0.25, 0.3) is 44.2 Å². The molecule has 12 rings (SSSR count). The first-order valence-corrected chi connectivity index (χ1v) is 19.9. The third-order valence-electron chi connectivity index (χ3n) is 12.2. The SMILES string of the molecule is c1ccc(N(c2ccccc2)c2ccc3c(c2)-c2ccccc2C32c3ccccc3-c3cc(N(c4ccccc4)c4cccc5c4oc4ccccc45)ccc32)cc1. The van der Waals surface area contributed by atoms with E-state index in [-0.39, 0.29) is 0 Å². The first kappa shape index (κ1) is 32.6. The fourth-order valence-electron chi connectivity index (χ4n) is 9.92. The average Bonchev–Trinajstić information content (AvgIpc) is 3.92. The minimum atomic E-state index is -0.477. The Morgan fingerprint density at radius 3 is 1.34 bits per heavy atom. The van der Waals surface area contributed by atoms with E-state index in [9.17, 15) is 0 Å². The first-order valence-electron chi connectivity index (χ1n) is 19.9. The van der Waals surface area contributed by atoms with Crippen LogP contribution >= 0.6 is 0 Å². The average molecular weight is 741 g/mol. The summed E-state index contributed by atoms with van der Waals surface area (Å²) >= 11 is 0. The highest BCUT2D eigenvalue weighted by Gasteiger charge is 2.51. The van der Waals surface area contributed by atoms with Gasteiger partial charge < -0.3 is 14.2 Å². The largest absolute Gasteiger partial charge is 0.454 e. The standard InChI is InChI=1S/C55H36N2O/c1-4-17-37(18-5-1)56(38-19-6-2-7-20-38)40-31-33-50-46(35-40)42-23-10-13-27-48(42)55(50)49-28-14-11-24-43(49)47-36-41(32-34-51(47)55)57(39-21-8-3-9-22-39)52-29-16-26-45-44-25-12-15-30-53(44)58-54(45)52/h1-36H. The van der Waals surface area contributed by atoms with Crippen molar-refractivity contribution in [1.29, 1.82) is 0 Å². The molecule has 3 heteroatoms. The maximum absolute atomic E-state index is 6.65.